The lowest BCUT2D eigenvalue weighted by Crippen LogP contribution is -2.31. The summed E-state index contributed by atoms with van der Waals surface area (Å²) in [6, 6.07) is 1.67. The molecule has 1 saturated heterocycles. The van der Waals surface area contributed by atoms with Gasteiger partial charge in [0.05, 0.1) is 3.79 Å². The molecular weight excluding hydrogens is 348 g/mol. The molecule has 0 spiro atoms. The first-order valence-corrected chi connectivity index (χ1v) is 7.98. The molecule has 1 aromatic heterocycles. The van der Waals surface area contributed by atoms with Crippen LogP contribution < -0.4 is 5.73 Å². The van der Waals surface area contributed by atoms with Crippen LogP contribution in [0.5, 0.6) is 0 Å². The molecule has 2 N–H and O–H groups in total. The Labute approximate surface area is 120 Å². The van der Waals surface area contributed by atoms with Gasteiger partial charge in [-0.1, -0.05) is 0 Å². The molecule has 0 amide bonds. The maximum atomic E-state index is 12.2. The molecule has 0 aliphatic carbocycles. The van der Waals surface area contributed by atoms with Crippen molar-refractivity contribution < 1.29 is 8.42 Å². The predicted octanol–water partition coefficient (Wildman–Crippen LogP) is 1.96. The van der Waals surface area contributed by atoms with Gasteiger partial charge in [0.2, 0.25) is 0 Å². The Bertz CT molecular complexity index is 484. The van der Waals surface area contributed by atoms with Crippen LogP contribution >= 0.6 is 39.7 Å². The van der Waals surface area contributed by atoms with E-state index < -0.39 is 10.0 Å². The number of halogens is 2. The van der Waals surface area contributed by atoms with Gasteiger partial charge in [-0.2, -0.15) is 4.31 Å². The Morgan fingerprint density at radius 1 is 1.59 bits per heavy atom. The summed E-state index contributed by atoms with van der Waals surface area (Å²) < 4.78 is 27.1. The van der Waals surface area contributed by atoms with E-state index in [9.17, 15) is 8.42 Å². The van der Waals surface area contributed by atoms with Gasteiger partial charge < -0.3 is 5.73 Å². The summed E-state index contributed by atoms with van der Waals surface area (Å²) in [5, 5.41) is 0. The average Bonchev–Trinajstić information content (AvgIpc) is 2.75. The van der Waals surface area contributed by atoms with Crippen LogP contribution in [0.4, 0.5) is 0 Å². The van der Waals surface area contributed by atoms with Crippen LogP contribution in [-0.4, -0.2) is 31.9 Å². The van der Waals surface area contributed by atoms with Crippen molar-refractivity contribution in [1.82, 2.24) is 4.31 Å². The van der Waals surface area contributed by atoms with E-state index in [1.54, 1.807) is 6.07 Å². The Balaban J connectivity index is 0.00000144. The highest BCUT2D eigenvalue weighted by Gasteiger charge is 2.32. The van der Waals surface area contributed by atoms with Crippen LogP contribution in [0.15, 0.2) is 14.1 Å². The first kappa shape index (κ1) is 15.4. The van der Waals surface area contributed by atoms with E-state index in [2.05, 4.69) is 15.9 Å². The second-order valence-electron chi connectivity index (χ2n) is 3.93. The van der Waals surface area contributed by atoms with E-state index in [0.29, 0.717) is 17.3 Å². The molecule has 0 saturated carbocycles. The van der Waals surface area contributed by atoms with Crippen LogP contribution in [0.3, 0.4) is 0 Å². The van der Waals surface area contributed by atoms with E-state index in [1.807, 2.05) is 6.92 Å². The molecule has 2 heterocycles. The predicted molar refractivity (Wildman–Crippen MR) is 75.4 cm³/mol. The molecule has 98 valence electrons. The van der Waals surface area contributed by atoms with Crippen molar-refractivity contribution in [1.29, 1.82) is 0 Å². The molecule has 0 radical (unpaired) electrons. The number of aryl methyl sites for hydroxylation is 1. The highest BCUT2D eigenvalue weighted by molar-refractivity contribution is 9.11. The lowest BCUT2D eigenvalue weighted by Gasteiger charge is -2.13. The number of hydrogen-bond acceptors (Lipinski definition) is 4. The van der Waals surface area contributed by atoms with Gasteiger partial charge in [-0.25, -0.2) is 8.42 Å². The number of nitrogens with zero attached hydrogens (tertiary/aromatic N) is 1. The third-order valence-corrected chi connectivity index (χ3v) is 7.07. The minimum Gasteiger partial charge on any atom is -0.326 e. The number of sulfonamides is 1. The fourth-order valence-corrected chi connectivity index (χ4v) is 5.55. The summed E-state index contributed by atoms with van der Waals surface area (Å²) in [6.07, 6.45) is 0.741. The average molecular weight is 362 g/mol. The standard InChI is InChI=1S/C9H13BrN2O2S2.ClH/c1-6-4-8(15-9(6)10)16(13,14)12-3-2-7(11)5-12;/h4,7H,2-3,5,11H2,1H3;1H/t7-;/m0./s1. The first-order chi connectivity index (χ1) is 7.41. The molecular formula is C9H14BrClN2O2S2. The maximum Gasteiger partial charge on any atom is 0.252 e. The first-order valence-electron chi connectivity index (χ1n) is 4.93. The smallest absolute Gasteiger partial charge is 0.252 e. The second kappa shape index (κ2) is 5.54. The van der Waals surface area contributed by atoms with Gasteiger partial charge in [0.25, 0.3) is 10.0 Å². The highest BCUT2D eigenvalue weighted by atomic mass is 79.9. The van der Waals surface area contributed by atoms with Crippen molar-refractivity contribution in [3.63, 3.8) is 0 Å². The SMILES string of the molecule is Cc1cc(S(=O)(=O)N2CC[C@H](N)C2)sc1Br.Cl. The Morgan fingerprint density at radius 2 is 2.24 bits per heavy atom. The van der Waals surface area contributed by atoms with Gasteiger partial charge >= 0.3 is 0 Å². The van der Waals surface area contributed by atoms with Crippen LogP contribution in [0.25, 0.3) is 0 Å². The Hall–Kier alpha value is 0.340. The molecule has 1 aliphatic heterocycles. The molecule has 1 aromatic rings. The van der Waals surface area contributed by atoms with Crippen molar-refractivity contribution in [3.8, 4) is 0 Å². The number of thiophene rings is 1. The molecule has 0 aromatic carbocycles. The second-order valence-corrected chi connectivity index (χ2v) is 8.47. The van der Waals surface area contributed by atoms with E-state index in [-0.39, 0.29) is 18.4 Å². The molecule has 1 atom stereocenters. The fraction of sp³-hybridized carbons (Fsp3) is 0.556. The van der Waals surface area contributed by atoms with E-state index in [1.165, 1.54) is 15.6 Å². The van der Waals surface area contributed by atoms with Crippen LogP contribution in [0, 0.1) is 6.92 Å². The van der Waals surface area contributed by atoms with Gasteiger partial charge in [0, 0.05) is 19.1 Å². The Morgan fingerprint density at radius 3 is 2.65 bits per heavy atom. The third-order valence-electron chi connectivity index (χ3n) is 2.62. The molecule has 8 heteroatoms. The highest BCUT2D eigenvalue weighted by Crippen LogP contribution is 2.33. The van der Waals surface area contributed by atoms with Crippen molar-refractivity contribution >= 4 is 49.7 Å². The quantitative estimate of drug-likeness (QED) is 0.876. The van der Waals surface area contributed by atoms with Crippen molar-refractivity contribution in [2.45, 2.75) is 23.6 Å². The molecule has 2 rings (SSSR count). The lowest BCUT2D eigenvalue weighted by atomic mass is 10.3. The number of nitrogens with two attached hydrogens (primary N) is 1. The minimum absolute atomic E-state index is 0. The van der Waals surface area contributed by atoms with Crippen molar-refractivity contribution in [3.05, 3.63) is 15.4 Å². The number of hydrogen-bond donors (Lipinski definition) is 1. The summed E-state index contributed by atoms with van der Waals surface area (Å²) in [5.74, 6) is 0. The zero-order valence-corrected chi connectivity index (χ0v) is 13.3. The van der Waals surface area contributed by atoms with Crippen LogP contribution in [-0.2, 0) is 10.0 Å². The summed E-state index contributed by atoms with van der Waals surface area (Å²) in [6.45, 7) is 2.84. The summed E-state index contributed by atoms with van der Waals surface area (Å²) >= 11 is 4.60. The van der Waals surface area contributed by atoms with Gasteiger partial charge in [0.15, 0.2) is 0 Å². The maximum absolute atomic E-state index is 12.2. The zero-order chi connectivity index (χ0) is 11.9. The third kappa shape index (κ3) is 3.02. The molecule has 17 heavy (non-hydrogen) atoms. The van der Waals surface area contributed by atoms with Crippen LogP contribution in [0.1, 0.15) is 12.0 Å². The van der Waals surface area contributed by atoms with Gasteiger partial charge in [-0.05, 0) is 40.9 Å². The Kier molecular flexibility index (Phi) is 5.02. The monoisotopic (exact) mass is 360 g/mol. The van der Waals surface area contributed by atoms with E-state index in [0.717, 1.165) is 15.8 Å². The normalized spacial score (nSPS) is 21.5. The molecule has 0 unspecified atom stereocenters. The summed E-state index contributed by atoms with van der Waals surface area (Å²) in [5.41, 5.74) is 6.67. The molecule has 4 nitrogen and oxygen atoms in total. The fourth-order valence-electron chi connectivity index (χ4n) is 1.66. The van der Waals surface area contributed by atoms with E-state index >= 15 is 0 Å². The zero-order valence-electron chi connectivity index (χ0n) is 9.22. The number of rotatable bonds is 2. The molecule has 0 bridgehead atoms. The van der Waals surface area contributed by atoms with Crippen LogP contribution in [0.2, 0.25) is 0 Å². The topological polar surface area (TPSA) is 63.4 Å². The minimum atomic E-state index is -3.33. The lowest BCUT2D eigenvalue weighted by molar-refractivity contribution is 0.474. The molecule has 1 fully saturated rings. The van der Waals surface area contributed by atoms with Gasteiger partial charge in [-0.15, -0.1) is 23.7 Å². The van der Waals surface area contributed by atoms with Gasteiger partial charge in [-0.3, -0.25) is 0 Å². The summed E-state index contributed by atoms with van der Waals surface area (Å²) in [7, 11) is -3.33. The van der Waals surface area contributed by atoms with Crippen molar-refractivity contribution in [2.75, 3.05) is 13.1 Å². The largest absolute Gasteiger partial charge is 0.326 e. The molecule has 1 aliphatic rings. The van der Waals surface area contributed by atoms with Crippen molar-refractivity contribution in [2.24, 2.45) is 5.73 Å². The summed E-state index contributed by atoms with van der Waals surface area (Å²) in [4.78, 5) is 0. The van der Waals surface area contributed by atoms with Gasteiger partial charge in [0.1, 0.15) is 4.21 Å². The van der Waals surface area contributed by atoms with E-state index in [4.69, 9.17) is 5.73 Å².